The predicted octanol–water partition coefficient (Wildman–Crippen LogP) is 3.53. The van der Waals surface area contributed by atoms with Gasteiger partial charge in [-0.3, -0.25) is 4.79 Å². The van der Waals surface area contributed by atoms with Crippen LogP contribution < -0.4 is 19.5 Å². The van der Waals surface area contributed by atoms with E-state index < -0.39 is 0 Å². The standard InChI is InChI=1S/C22H25N3O4/c1-27-18-11-9-17(21(28-2)22(18)29-3)10-12-20(26)24-19-13-14-23-25(19)15-16-7-5-4-6-8-16/h4-9,11,13-14H,10,12,15H2,1-3H3,(H,24,26). The highest BCUT2D eigenvalue weighted by atomic mass is 16.5. The number of benzene rings is 2. The highest BCUT2D eigenvalue weighted by Gasteiger charge is 2.17. The largest absolute Gasteiger partial charge is 0.493 e. The molecule has 29 heavy (non-hydrogen) atoms. The van der Waals surface area contributed by atoms with E-state index in [1.54, 1.807) is 38.3 Å². The van der Waals surface area contributed by atoms with Gasteiger partial charge in [0.15, 0.2) is 11.5 Å². The van der Waals surface area contributed by atoms with Gasteiger partial charge in [0.25, 0.3) is 0 Å². The van der Waals surface area contributed by atoms with Gasteiger partial charge in [0.1, 0.15) is 5.82 Å². The van der Waals surface area contributed by atoms with Crippen LogP contribution in [0.3, 0.4) is 0 Å². The third kappa shape index (κ3) is 4.87. The predicted molar refractivity (Wildman–Crippen MR) is 111 cm³/mol. The van der Waals surface area contributed by atoms with Crippen molar-refractivity contribution in [2.45, 2.75) is 19.4 Å². The number of carbonyl (C=O) groups excluding carboxylic acids is 1. The first-order valence-corrected chi connectivity index (χ1v) is 9.29. The average molecular weight is 395 g/mol. The molecule has 1 amide bonds. The lowest BCUT2D eigenvalue weighted by Gasteiger charge is -2.15. The Morgan fingerprint density at radius 2 is 1.72 bits per heavy atom. The number of anilines is 1. The fourth-order valence-corrected chi connectivity index (χ4v) is 3.13. The van der Waals surface area contributed by atoms with Crippen molar-refractivity contribution in [2.24, 2.45) is 0 Å². The minimum Gasteiger partial charge on any atom is -0.493 e. The van der Waals surface area contributed by atoms with Gasteiger partial charge in [-0.05, 0) is 23.6 Å². The van der Waals surface area contributed by atoms with Crippen LogP contribution in [-0.4, -0.2) is 37.0 Å². The number of hydrogen-bond donors (Lipinski definition) is 1. The molecule has 7 heteroatoms. The van der Waals surface area contributed by atoms with Crippen molar-refractivity contribution in [2.75, 3.05) is 26.6 Å². The molecular weight excluding hydrogens is 370 g/mol. The molecular formula is C22H25N3O4. The van der Waals surface area contributed by atoms with Crippen molar-refractivity contribution < 1.29 is 19.0 Å². The molecule has 1 aromatic heterocycles. The summed E-state index contributed by atoms with van der Waals surface area (Å²) >= 11 is 0. The molecule has 0 saturated carbocycles. The zero-order valence-electron chi connectivity index (χ0n) is 16.8. The number of aromatic nitrogens is 2. The lowest BCUT2D eigenvalue weighted by Crippen LogP contribution is -2.16. The summed E-state index contributed by atoms with van der Waals surface area (Å²) in [5.41, 5.74) is 1.99. The highest BCUT2D eigenvalue weighted by Crippen LogP contribution is 2.40. The third-order valence-electron chi connectivity index (χ3n) is 4.57. The number of methoxy groups -OCH3 is 3. The first-order valence-electron chi connectivity index (χ1n) is 9.29. The Morgan fingerprint density at radius 3 is 2.41 bits per heavy atom. The molecule has 3 rings (SSSR count). The van der Waals surface area contributed by atoms with E-state index in [-0.39, 0.29) is 5.91 Å². The zero-order valence-corrected chi connectivity index (χ0v) is 16.8. The van der Waals surface area contributed by atoms with Crippen LogP contribution in [0, 0.1) is 0 Å². The first-order chi connectivity index (χ1) is 14.2. The van der Waals surface area contributed by atoms with Crippen LogP contribution in [0.25, 0.3) is 0 Å². The molecule has 0 unspecified atom stereocenters. The van der Waals surface area contributed by atoms with Gasteiger partial charge in [0, 0.05) is 12.5 Å². The lowest BCUT2D eigenvalue weighted by molar-refractivity contribution is -0.116. The molecule has 0 fully saturated rings. The first kappa shape index (κ1) is 20.3. The van der Waals surface area contributed by atoms with E-state index in [0.29, 0.717) is 42.5 Å². The molecule has 0 bridgehead atoms. The summed E-state index contributed by atoms with van der Waals surface area (Å²) in [4.78, 5) is 12.5. The van der Waals surface area contributed by atoms with Crippen molar-refractivity contribution in [3.63, 3.8) is 0 Å². The Bertz CT molecular complexity index is 954. The quantitative estimate of drug-likeness (QED) is 0.600. The van der Waals surface area contributed by atoms with Gasteiger partial charge in [-0.1, -0.05) is 36.4 Å². The second-order valence-electron chi connectivity index (χ2n) is 6.40. The maximum Gasteiger partial charge on any atom is 0.225 e. The molecule has 0 aliphatic heterocycles. The monoisotopic (exact) mass is 395 g/mol. The third-order valence-corrected chi connectivity index (χ3v) is 4.57. The SMILES string of the molecule is COc1ccc(CCC(=O)Nc2ccnn2Cc2ccccc2)c(OC)c1OC. The summed E-state index contributed by atoms with van der Waals surface area (Å²) in [6, 6.07) is 15.5. The smallest absolute Gasteiger partial charge is 0.225 e. The molecule has 3 aromatic rings. The van der Waals surface area contributed by atoms with Crippen molar-refractivity contribution >= 4 is 11.7 Å². The Labute approximate surface area is 170 Å². The fraction of sp³-hybridized carbons (Fsp3) is 0.273. The molecule has 0 aliphatic carbocycles. The number of rotatable bonds is 9. The number of nitrogens with zero attached hydrogens (tertiary/aromatic N) is 2. The number of hydrogen-bond acceptors (Lipinski definition) is 5. The molecule has 1 heterocycles. The maximum absolute atomic E-state index is 12.5. The van der Waals surface area contributed by atoms with Crippen molar-refractivity contribution in [3.05, 3.63) is 65.9 Å². The number of amides is 1. The topological polar surface area (TPSA) is 74.6 Å². The van der Waals surface area contributed by atoms with Crippen LogP contribution in [0.5, 0.6) is 17.2 Å². The molecule has 2 aromatic carbocycles. The van der Waals surface area contributed by atoms with Gasteiger partial charge in [0.05, 0.1) is 34.1 Å². The second kappa shape index (κ2) is 9.64. The van der Waals surface area contributed by atoms with Crippen LogP contribution >= 0.6 is 0 Å². The minimum atomic E-state index is -0.100. The van der Waals surface area contributed by atoms with E-state index in [1.165, 1.54) is 0 Å². The average Bonchev–Trinajstić information content (AvgIpc) is 3.18. The zero-order chi connectivity index (χ0) is 20.6. The minimum absolute atomic E-state index is 0.100. The van der Waals surface area contributed by atoms with Crippen molar-refractivity contribution in [1.82, 2.24) is 9.78 Å². The molecule has 152 valence electrons. The fourth-order valence-electron chi connectivity index (χ4n) is 3.13. The van der Waals surface area contributed by atoms with Gasteiger partial charge in [-0.2, -0.15) is 5.10 Å². The Hall–Kier alpha value is -3.48. The van der Waals surface area contributed by atoms with E-state index in [0.717, 1.165) is 11.1 Å². The Kier molecular flexibility index (Phi) is 6.73. The van der Waals surface area contributed by atoms with Gasteiger partial charge in [0.2, 0.25) is 11.7 Å². The number of aryl methyl sites for hydroxylation is 1. The summed E-state index contributed by atoms with van der Waals surface area (Å²) in [7, 11) is 4.71. The van der Waals surface area contributed by atoms with Crippen molar-refractivity contribution in [3.8, 4) is 17.2 Å². The van der Waals surface area contributed by atoms with Gasteiger partial charge < -0.3 is 19.5 Å². The lowest BCUT2D eigenvalue weighted by atomic mass is 10.1. The van der Waals surface area contributed by atoms with Crippen LogP contribution in [0.15, 0.2) is 54.7 Å². The molecule has 7 nitrogen and oxygen atoms in total. The van der Waals surface area contributed by atoms with Crippen LogP contribution in [0.1, 0.15) is 17.5 Å². The second-order valence-corrected chi connectivity index (χ2v) is 6.40. The van der Waals surface area contributed by atoms with Gasteiger partial charge in [-0.15, -0.1) is 0 Å². The molecule has 0 saturated heterocycles. The summed E-state index contributed by atoms with van der Waals surface area (Å²) in [6.07, 6.45) is 2.47. The molecule has 0 spiro atoms. The number of ether oxygens (including phenoxy) is 3. The van der Waals surface area contributed by atoms with E-state index in [4.69, 9.17) is 14.2 Å². The number of nitrogens with one attached hydrogen (secondary N) is 1. The summed E-state index contributed by atoms with van der Waals surface area (Å²) in [5, 5.41) is 7.24. The van der Waals surface area contributed by atoms with E-state index in [1.807, 2.05) is 42.5 Å². The maximum atomic E-state index is 12.5. The highest BCUT2D eigenvalue weighted by molar-refractivity contribution is 5.90. The number of carbonyl (C=O) groups is 1. The normalized spacial score (nSPS) is 10.4. The van der Waals surface area contributed by atoms with Crippen molar-refractivity contribution in [1.29, 1.82) is 0 Å². The van der Waals surface area contributed by atoms with E-state index in [9.17, 15) is 4.79 Å². The molecule has 0 radical (unpaired) electrons. The van der Waals surface area contributed by atoms with Gasteiger partial charge in [-0.25, -0.2) is 4.68 Å². The summed E-state index contributed by atoms with van der Waals surface area (Å²) < 4.78 is 17.9. The Balaban J connectivity index is 1.65. The van der Waals surface area contributed by atoms with Crippen LogP contribution in [0.2, 0.25) is 0 Å². The Morgan fingerprint density at radius 1 is 0.966 bits per heavy atom. The molecule has 0 atom stereocenters. The van der Waals surface area contributed by atoms with E-state index >= 15 is 0 Å². The molecule has 0 aliphatic rings. The molecule has 1 N–H and O–H groups in total. The van der Waals surface area contributed by atoms with E-state index in [2.05, 4.69) is 10.4 Å². The summed E-state index contributed by atoms with van der Waals surface area (Å²) in [5.74, 6) is 2.25. The van der Waals surface area contributed by atoms with Crippen LogP contribution in [0.4, 0.5) is 5.82 Å². The summed E-state index contributed by atoms with van der Waals surface area (Å²) in [6.45, 7) is 0.590. The van der Waals surface area contributed by atoms with Gasteiger partial charge >= 0.3 is 0 Å². The van der Waals surface area contributed by atoms with Crippen LogP contribution in [-0.2, 0) is 17.8 Å².